The maximum Gasteiger partial charge on any atom is 0.277 e. The summed E-state index contributed by atoms with van der Waals surface area (Å²) in [6, 6.07) is 9.68. The molecule has 1 rings (SSSR count). The van der Waals surface area contributed by atoms with Crippen molar-refractivity contribution in [1.29, 1.82) is 10.5 Å². The van der Waals surface area contributed by atoms with Gasteiger partial charge in [-0.15, -0.1) is 11.8 Å². The third-order valence-electron chi connectivity index (χ3n) is 2.80. The van der Waals surface area contributed by atoms with Crippen LogP contribution < -0.4 is 0 Å². The van der Waals surface area contributed by atoms with Crippen LogP contribution in [0.25, 0.3) is 5.57 Å². The van der Waals surface area contributed by atoms with E-state index in [4.69, 9.17) is 10.5 Å². The minimum atomic E-state index is -0.524. The largest absolute Gasteiger partial charge is 0.372 e. The summed E-state index contributed by atoms with van der Waals surface area (Å²) < 4.78 is 0. The van der Waals surface area contributed by atoms with E-state index in [0.29, 0.717) is 0 Å². The predicted molar refractivity (Wildman–Crippen MR) is 86.5 cm³/mol. The predicted octanol–water partition coefficient (Wildman–Crippen LogP) is 3.16. The van der Waals surface area contributed by atoms with Gasteiger partial charge in [-0.3, -0.25) is 10.1 Å². The highest BCUT2D eigenvalue weighted by Gasteiger charge is 2.19. The number of nitro benzene ring substituents is 1. The number of para-hydroxylation sites is 1. The summed E-state index contributed by atoms with van der Waals surface area (Å²) in [6.07, 6.45) is 3.47. The molecule has 112 valence electrons. The molecule has 0 atom stereocenters. The maximum atomic E-state index is 11.2. The monoisotopic (exact) mass is 314 g/mol. The highest BCUT2D eigenvalue weighted by molar-refractivity contribution is 8.02. The third-order valence-corrected chi connectivity index (χ3v) is 3.70. The van der Waals surface area contributed by atoms with E-state index in [1.807, 2.05) is 37.4 Å². The average molecular weight is 314 g/mol. The van der Waals surface area contributed by atoms with Crippen molar-refractivity contribution in [2.24, 2.45) is 0 Å². The standard InChI is InChI=1S/C15H14N4O2S/c1-18(2)15(22-3)8-13(11(9-16)10-17)12-6-4-5-7-14(12)19(20)21/h4-8H,1-3H3/b15-8+. The second kappa shape index (κ2) is 7.87. The first-order valence-electron chi connectivity index (χ1n) is 6.17. The molecular formula is C15H14N4O2S. The zero-order chi connectivity index (χ0) is 16.7. The summed E-state index contributed by atoms with van der Waals surface area (Å²) >= 11 is 1.42. The molecule has 0 bridgehead atoms. The van der Waals surface area contributed by atoms with Crippen molar-refractivity contribution in [2.45, 2.75) is 0 Å². The average Bonchev–Trinajstić information content (AvgIpc) is 2.51. The van der Waals surface area contributed by atoms with Crippen molar-refractivity contribution in [2.75, 3.05) is 20.4 Å². The first kappa shape index (κ1) is 17.3. The molecule has 22 heavy (non-hydrogen) atoms. The van der Waals surface area contributed by atoms with Crippen LogP contribution in [0.2, 0.25) is 0 Å². The van der Waals surface area contributed by atoms with Gasteiger partial charge >= 0.3 is 0 Å². The van der Waals surface area contributed by atoms with Crippen molar-refractivity contribution in [3.8, 4) is 12.1 Å². The fourth-order valence-corrected chi connectivity index (χ4v) is 2.39. The minimum absolute atomic E-state index is 0.143. The molecule has 0 aliphatic rings. The number of nitriles is 2. The molecule has 0 radical (unpaired) electrons. The van der Waals surface area contributed by atoms with E-state index in [1.165, 1.54) is 23.9 Å². The minimum Gasteiger partial charge on any atom is -0.372 e. The molecule has 0 heterocycles. The zero-order valence-corrected chi connectivity index (χ0v) is 13.2. The van der Waals surface area contributed by atoms with Crippen LogP contribution in [0, 0.1) is 32.8 Å². The van der Waals surface area contributed by atoms with Gasteiger partial charge in [0.25, 0.3) is 5.69 Å². The first-order valence-corrected chi connectivity index (χ1v) is 7.40. The van der Waals surface area contributed by atoms with Crippen LogP contribution in [0.3, 0.4) is 0 Å². The lowest BCUT2D eigenvalue weighted by Crippen LogP contribution is -2.08. The molecule has 6 nitrogen and oxygen atoms in total. The fraction of sp³-hybridized carbons (Fsp3) is 0.200. The van der Waals surface area contributed by atoms with E-state index in [2.05, 4.69) is 0 Å². The van der Waals surface area contributed by atoms with Crippen molar-refractivity contribution in [3.63, 3.8) is 0 Å². The van der Waals surface area contributed by atoms with Crippen molar-refractivity contribution in [1.82, 2.24) is 4.90 Å². The number of hydrogen-bond acceptors (Lipinski definition) is 6. The molecule has 1 aromatic carbocycles. The molecule has 0 aliphatic heterocycles. The SMILES string of the molecule is CS/C(=C/C(=C(C#N)C#N)c1ccccc1[N+](=O)[O-])N(C)C. The van der Waals surface area contributed by atoms with Gasteiger partial charge in [-0.05, 0) is 18.4 Å². The number of nitro groups is 1. The summed E-state index contributed by atoms with van der Waals surface area (Å²) in [6.45, 7) is 0. The Kier molecular flexibility index (Phi) is 6.18. The Hall–Kier alpha value is -2.77. The van der Waals surface area contributed by atoms with Crippen LogP contribution in [0.5, 0.6) is 0 Å². The van der Waals surface area contributed by atoms with Gasteiger partial charge in [0.05, 0.1) is 15.5 Å². The summed E-state index contributed by atoms with van der Waals surface area (Å²) in [5.74, 6) is 0. The van der Waals surface area contributed by atoms with Gasteiger partial charge < -0.3 is 4.90 Å². The zero-order valence-electron chi connectivity index (χ0n) is 12.4. The second-order valence-electron chi connectivity index (χ2n) is 4.37. The summed E-state index contributed by atoms with van der Waals surface area (Å²) in [5.41, 5.74) is 0.188. The fourth-order valence-electron chi connectivity index (χ4n) is 1.78. The van der Waals surface area contributed by atoms with E-state index < -0.39 is 4.92 Å². The maximum absolute atomic E-state index is 11.2. The topological polar surface area (TPSA) is 94.0 Å². The lowest BCUT2D eigenvalue weighted by molar-refractivity contribution is -0.385. The molecule has 0 N–H and O–H groups in total. The molecule has 0 saturated carbocycles. The number of nitrogens with zero attached hydrogens (tertiary/aromatic N) is 4. The normalized spacial score (nSPS) is 10.3. The van der Waals surface area contributed by atoms with Crippen molar-refractivity contribution >= 4 is 23.0 Å². The lowest BCUT2D eigenvalue weighted by atomic mass is 9.99. The van der Waals surface area contributed by atoms with Gasteiger partial charge in [0.2, 0.25) is 0 Å². The molecule has 0 aromatic heterocycles. The summed E-state index contributed by atoms with van der Waals surface area (Å²) in [7, 11) is 3.63. The first-order chi connectivity index (χ1) is 10.5. The van der Waals surface area contributed by atoms with Gasteiger partial charge in [0.1, 0.15) is 17.7 Å². The molecule has 0 spiro atoms. The van der Waals surface area contributed by atoms with Gasteiger partial charge in [0.15, 0.2) is 0 Å². The Morgan fingerprint density at radius 3 is 2.36 bits per heavy atom. The highest BCUT2D eigenvalue weighted by atomic mass is 32.2. The number of thioether (sulfide) groups is 1. The number of rotatable bonds is 5. The Balaban J connectivity index is 3.71. The van der Waals surface area contributed by atoms with Crippen LogP contribution in [0.15, 0.2) is 40.9 Å². The van der Waals surface area contributed by atoms with E-state index in [-0.39, 0.29) is 22.4 Å². The van der Waals surface area contributed by atoms with Gasteiger partial charge in [0, 0.05) is 25.7 Å². The quantitative estimate of drug-likeness (QED) is 0.358. The smallest absolute Gasteiger partial charge is 0.277 e. The van der Waals surface area contributed by atoms with E-state index in [1.54, 1.807) is 18.2 Å². The molecule has 0 fully saturated rings. The number of allylic oxidation sites excluding steroid dienone is 3. The van der Waals surface area contributed by atoms with Gasteiger partial charge in [-0.25, -0.2) is 0 Å². The van der Waals surface area contributed by atoms with Crippen LogP contribution in [0.4, 0.5) is 5.69 Å². The van der Waals surface area contributed by atoms with E-state index >= 15 is 0 Å². The second-order valence-corrected chi connectivity index (χ2v) is 5.19. The molecule has 0 amide bonds. The Morgan fingerprint density at radius 1 is 1.32 bits per heavy atom. The van der Waals surface area contributed by atoms with E-state index in [0.717, 1.165) is 5.03 Å². The van der Waals surface area contributed by atoms with Gasteiger partial charge in [-0.1, -0.05) is 12.1 Å². The molecule has 1 aromatic rings. The lowest BCUT2D eigenvalue weighted by Gasteiger charge is -2.15. The summed E-state index contributed by atoms with van der Waals surface area (Å²) in [5, 5.41) is 30.3. The van der Waals surface area contributed by atoms with Crippen LogP contribution in [0.1, 0.15) is 5.56 Å². The molecule has 7 heteroatoms. The Morgan fingerprint density at radius 2 is 1.91 bits per heavy atom. The van der Waals surface area contributed by atoms with Crippen LogP contribution in [-0.2, 0) is 0 Å². The van der Waals surface area contributed by atoms with Crippen LogP contribution in [-0.4, -0.2) is 30.2 Å². The van der Waals surface area contributed by atoms with Crippen molar-refractivity contribution < 1.29 is 4.92 Å². The molecule has 0 aliphatic carbocycles. The highest BCUT2D eigenvalue weighted by Crippen LogP contribution is 2.31. The molecule has 0 unspecified atom stereocenters. The Bertz CT molecular complexity index is 708. The number of benzene rings is 1. The number of hydrogen-bond donors (Lipinski definition) is 0. The molecular weight excluding hydrogens is 300 g/mol. The molecule has 0 saturated heterocycles. The Labute approximate surface area is 133 Å². The third kappa shape index (κ3) is 3.87. The van der Waals surface area contributed by atoms with Crippen LogP contribution >= 0.6 is 11.8 Å². The van der Waals surface area contributed by atoms with Gasteiger partial charge in [-0.2, -0.15) is 10.5 Å². The van der Waals surface area contributed by atoms with E-state index in [9.17, 15) is 10.1 Å². The van der Waals surface area contributed by atoms with Crippen molar-refractivity contribution in [3.05, 3.63) is 56.6 Å². The summed E-state index contributed by atoms with van der Waals surface area (Å²) in [4.78, 5) is 12.5.